The summed E-state index contributed by atoms with van der Waals surface area (Å²) in [5, 5.41) is 23.4. The van der Waals surface area contributed by atoms with Gasteiger partial charge in [0.15, 0.2) is 0 Å². The number of carbonyl (C=O) groups excluding carboxylic acids is 1. The van der Waals surface area contributed by atoms with Crippen LogP contribution < -0.4 is 10.2 Å². The molecule has 0 saturated heterocycles. The highest BCUT2D eigenvalue weighted by molar-refractivity contribution is 7.45. The van der Waals surface area contributed by atoms with E-state index in [9.17, 15) is 24.5 Å². The number of nitrogens with one attached hydrogen (secondary N) is 1. The number of aliphatic hydroxyl groups is 2. The van der Waals surface area contributed by atoms with Crippen molar-refractivity contribution in [3.8, 4) is 0 Å². The smallest absolute Gasteiger partial charge is 0.268 e. The second-order valence-electron chi connectivity index (χ2n) is 15.5. The molecule has 0 spiro atoms. The third-order valence-electron chi connectivity index (χ3n) is 9.23. The van der Waals surface area contributed by atoms with E-state index in [2.05, 4.69) is 60.8 Å². The quantitative estimate of drug-likeness (QED) is 0.0249. The summed E-state index contributed by atoms with van der Waals surface area (Å²) in [5.41, 5.74) is 0. The van der Waals surface area contributed by atoms with E-state index in [4.69, 9.17) is 9.05 Å². The maximum Gasteiger partial charge on any atom is 0.268 e. The molecule has 0 saturated carbocycles. The van der Waals surface area contributed by atoms with Crippen molar-refractivity contribution in [3.63, 3.8) is 0 Å². The molecule has 4 atom stereocenters. The summed E-state index contributed by atoms with van der Waals surface area (Å²) >= 11 is 0. The predicted molar refractivity (Wildman–Crippen MR) is 220 cm³/mol. The zero-order valence-electron chi connectivity index (χ0n) is 34.6. The fraction of sp³-hybridized carbons (Fsp3) is 0.791. The highest BCUT2D eigenvalue weighted by Crippen LogP contribution is 2.38. The fourth-order valence-corrected chi connectivity index (χ4v) is 6.38. The van der Waals surface area contributed by atoms with Crippen LogP contribution in [-0.2, 0) is 18.4 Å². The monoisotopic (exact) mass is 769 g/mol. The molecule has 0 aliphatic carbocycles. The van der Waals surface area contributed by atoms with Gasteiger partial charge in [-0.05, 0) is 57.8 Å². The molecule has 0 aromatic rings. The van der Waals surface area contributed by atoms with Crippen LogP contribution in [0, 0.1) is 0 Å². The van der Waals surface area contributed by atoms with Crippen LogP contribution in [0.1, 0.15) is 162 Å². The van der Waals surface area contributed by atoms with Crippen LogP contribution in [0.25, 0.3) is 0 Å². The van der Waals surface area contributed by atoms with Gasteiger partial charge < -0.3 is 34.0 Å². The largest absolute Gasteiger partial charge is 0.756 e. The number of likely N-dealkylation sites (N-methyl/N-ethyl adjacent to an activating group) is 1. The summed E-state index contributed by atoms with van der Waals surface area (Å²) < 4.78 is 23.2. The lowest BCUT2D eigenvalue weighted by atomic mass is 10.0. The van der Waals surface area contributed by atoms with Crippen molar-refractivity contribution >= 4 is 13.7 Å². The number of phosphoric ester groups is 1. The Bertz CT molecular complexity index is 1020. The first kappa shape index (κ1) is 51.4. The molecule has 10 heteroatoms. The van der Waals surface area contributed by atoms with E-state index in [0.29, 0.717) is 23.9 Å². The molecule has 1 unspecified atom stereocenters. The Labute approximate surface area is 325 Å². The Morgan fingerprint density at radius 3 is 1.70 bits per heavy atom. The van der Waals surface area contributed by atoms with Gasteiger partial charge in [-0.1, -0.05) is 146 Å². The molecule has 310 valence electrons. The minimum absolute atomic E-state index is 0.00609. The van der Waals surface area contributed by atoms with E-state index in [1.54, 1.807) is 0 Å². The number of aliphatic hydroxyl groups excluding tert-OH is 2. The van der Waals surface area contributed by atoms with Crippen LogP contribution in [0.4, 0.5) is 0 Å². The SMILES string of the molecule is CCCCCCCCCCCCCCC[C@@H](O)[C@H](COP(=O)([O-])OCC[N+](C)(C)C)NC(=O)CCC/C=C\C/C=C\C/C=C\C/C=C\CC[C@H](O)CC. The number of quaternary nitrogens is 1. The first-order valence-corrected chi connectivity index (χ1v) is 22.5. The maximum atomic E-state index is 12.8. The molecule has 0 bridgehead atoms. The number of rotatable bonds is 37. The summed E-state index contributed by atoms with van der Waals surface area (Å²) in [6.45, 7) is 4.37. The van der Waals surface area contributed by atoms with Crippen molar-refractivity contribution in [2.75, 3.05) is 40.9 Å². The zero-order chi connectivity index (χ0) is 39.5. The van der Waals surface area contributed by atoms with E-state index in [1.807, 2.05) is 28.1 Å². The fourth-order valence-electron chi connectivity index (χ4n) is 5.66. The van der Waals surface area contributed by atoms with E-state index >= 15 is 0 Å². The lowest BCUT2D eigenvalue weighted by Gasteiger charge is -2.30. The second-order valence-corrected chi connectivity index (χ2v) is 16.9. The average molecular weight is 769 g/mol. The van der Waals surface area contributed by atoms with Gasteiger partial charge in [-0.25, -0.2) is 0 Å². The number of hydrogen-bond donors (Lipinski definition) is 3. The lowest BCUT2D eigenvalue weighted by molar-refractivity contribution is -0.870. The molecule has 0 aliphatic rings. The first-order chi connectivity index (χ1) is 25.4. The highest BCUT2D eigenvalue weighted by atomic mass is 31.2. The molecule has 0 aromatic heterocycles. The van der Waals surface area contributed by atoms with Gasteiger partial charge in [-0.2, -0.15) is 0 Å². The number of unbranched alkanes of at least 4 members (excludes halogenated alkanes) is 13. The van der Waals surface area contributed by atoms with Gasteiger partial charge in [0.25, 0.3) is 7.82 Å². The Hall–Kier alpha value is -1.58. The van der Waals surface area contributed by atoms with Gasteiger partial charge in [-0.15, -0.1) is 0 Å². The van der Waals surface area contributed by atoms with E-state index < -0.39 is 20.0 Å². The number of phosphoric acid groups is 1. The second kappa shape index (κ2) is 34.9. The van der Waals surface area contributed by atoms with Crippen LogP contribution >= 0.6 is 7.82 Å². The molecular weight excluding hydrogens is 687 g/mol. The number of allylic oxidation sites excluding steroid dienone is 8. The Morgan fingerprint density at radius 1 is 0.698 bits per heavy atom. The van der Waals surface area contributed by atoms with Gasteiger partial charge in [0, 0.05) is 6.42 Å². The summed E-state index contributed by atoms with van der Waals surface area (Å²) in [6, 6.07) is -0.838. The summed E-state index contributed by atoms with van der Waals surface area (Å²) in [7, 11) is 1.24. The normalized spacial score (nSPS) is 15.5. The van der Waals surface area contributed by atoms with Crippen LogP contribution in [0.3, 0.4) is 0 Å². The third-order valence-corrected chi connectivity index (χ3v) is 10.2. The Morgan fingerprint density at radius 2 is 1.19 bits per heavy atom. The molecule has 9 nitrogen and oxygen atoms in total. The Kier molecular flexibility index (Phi) is 33.8. The molecular formula is C43H81N2O7P. The standard InChI is InChI=1S/C43H81N2O7P/c1-6-8-9-10-11-12-13-16-20-23-26-29-32-35-42(47)41(39-52-53(49,50)51-38-37-45(3,4)5)44-43(48)36-33-30-27-24-21-18-15-14-17-19-22-25-28-31-34-40(46)7-2/h15,17-19,24-25,27-28,40-42,46-47H,6-14,16,20-23,26,29-39H2,1-5H3,(H-,44,48,49,50)/b18-15-,19-17-,27-24-,28-25-/t40-,41+,42-/m1/s1. The number of amides is 1. The molecule has 0 heterocycles. The van der Waals surface area contributed by atoms with Crippen LogP contribution in [0.5, 0.6) is 0 Å². The van der Waals surface area contributed by atoms with Gasteiger partial charge >= 0.3 is 0 Å². The number of carbonyl (C=O) groups is 1. The Balaban J connectivity index is 4.53. The highest BCUT2D eigenvalue weighted by Gasteiger charge is 2.24. The lowest BCUT2D eigenvalue weighted by Crippen LogP contribution is -2.46. The first-order valence-electron chi connectivity index (χ1n) is 21.1. The summed E-state index contributed by atoms with van der Waals surface area (Å²) in [4.78, 5) is 25.2. The molecule has 0 aliphatic heterocycles. The molecule has 53 heavy (non-hydrogen) atoms. The van der Waals surface area contributed by atoms with Crippen molar-refractivity contribution in [1.82, 2.24) is 5.32 Å². The van der Waals surface area contributed by atoms with Gasteiger partial charge in [0.2, 0.25) is 5.91 Å². The molecule has 1 amide bonds. The zero-order valence-corrected chi connectivity index (χ0v) is 35.5. The van der Waals surface area contributed by atoms with E-state index in [1.165, 1.54) is 64.2 Å². The predicted octanol–water partition coefficient (Wildman–Crippen LogP) is 9.64. The van der Waals surface area contributed by atoms with Gasteiger partial charge in [-0.3, -0.25) is 9.36 Å². The average Bonchev–Trinajstić information content (AvgIpc) is 3.10. The van der Waals surface area contributed by atoms with E-state index in [0.717, 1.165) is 64.2 Å². The summed E-state index contributed by atoms with van der Waals surface area (Å²) in [5.74, 6) is -0.233. The van der Waals surface area contributed by atoms with E-state index in [-0.39, 0.29) is 31.6 Å². The number of nitrogens with zero attached hydrogens (tertiary/aromatic N) is 1. The van der Waals surface area contributed by atoms with Crippen LogP contribution in [0.2, 0.25) is 0 Å². The summed E-state index contributed by atoms with van der Waals surface area (Å²) in [6.07, 6.45) is 39.2. The minimum atomic E-state index is -4.58. The minimum Gasteiger partial charge on any atom is -0.756 e. The topological polar surface area (TPSA) is 128 Å². The molecule has 0 radical (unpaired) electrons. The van der Waals surface area contributed by atoms with Gasteiger partial charge in [0.1, 0.15) is 13.2 Å². The maximum absolute atomic E-state index is 12.8. The van der Waals surface area contributed by atoms with Crippen LogP contribution in [-0.4, -0.2) is 79.8 Å². The molecule has 0 rings (SSSR count). The van der Waals surface area contributed by atoms with Gasteiger partial charge in [0.05, 0.1) is 46.0 Å². The number of hydrogen-bond acceptors (Lipinski definition) is 7. The van der Waals surface area contributed by atoms with Crippen molar-refractivity contribution in [3.05, 3.63) is 48.6 Å². The van der Waals surface area contributed by atoms with Crippen molar-refractivity contribution < 1.29 is 38.0 Å². The third kappa shape index (κ3) is 37.1. The van der Waals surface area contributed by atoms with Crippen molar-refractivity contribution in [2.24, 2.45) is 0 Å². The molecule has 3 N–H and O–H groups in total. The molecule has 0 aromatic carbocycles. The molecule has 0 fully saturated rings. The van der Waals surface area contributed by atoms with Crippen LogP contribution in [0.15, 0.2) is 48.6 Å². The van der Waals surface area contributed by atoms with Crippen molar-refractivity contribution in [2.45, 2.75) is 180 Å². The van der Waals surface area contributed by atoms with Crippen molar-refractivity contribution in [1.29, 1.82) is 0 Å².